The van der Waals surface area contributed by atoms with Gasteiger partial charge in [-0.3, -0.25) is 0 Å². The number of aryl methyl sites for hydroxylation is 1. The molecule has 1 aliphatic rings. The fourth-order valence-corrected chi connectivity index (χ4v) is 4.47. The first-order valence-corrected chi connectivity index (χ1v) is 10.8. The van der Waals surface area contributed by atoms with Crippen molar-refractivity contribution in [1.82, 2.24) is 9.29 Å². The van der Waals surface area contributed by atoms with Crippen molar-refractivity contribution in [3.05, 3.63) is 77.2 Å². The van der Waals surface area contributed by atoms with Crippen LogP contribution in [0.25, 0.3) is 17.0 Å². The number of rotatable bonds is 5. The zero-order valence-electron chi connectivity index (χ0n) is 15.7. The minimum absolute atomic E-state index is 0.198. The summed E-state index contributed by atoms with van der Waals surface area (Å²) in [5.41, 5.74) is 2.87. The topological polar surface area (TPSA) is 59.5 Å². The summed E-state index contributed by atoms with van der Waals surface area (Å²) in [6, 6.07) is 19.4. The van der Waals surface area contributed by atoms with Crippen molar-refractivity contribution in [1.29, 1.82) is 0 Å². The van der Waals surface area contributed by atoms with Gasteiger partial charge < -0.3 is 4.74 Å². The lowest BCUT2D eigenvalue weighted by molar-refractivity contribution is 0.208. The summed E-state index contributed by atoms with van der Waals surface area (Å²) < 4.78 is 32.6. The third-order valence-corrected chi connectivity index (χ3v) is 6.37. The summed E-state index contributed by atoms with van der Waals surface area (Å²) in [5, 5.41) is 2.32. The molecule has 1 saturated heterocycles. The highest BCUT2D eigenvalue weighted by molar-refractivity contribution is 7.92. The number of sulfonamides is 1. The summed E-state index contributed by atoms with van der Waals surface area (Å²) in [6.45, 7) is 2.77. The first-order valence-electron chi connectivity index (χ1n) is 9.27. The third-order valence-electron chi connectivity index (χ3n) is 4.84. The molecule has 144 valence electrons. The molecule has 1 aromatic heterocycles. The van der Waals surface area contributed by atoms with E-state index in [4.69, 9.17) is 4.74 Å². The van der Waals surface area contributed by atoms with Gasteiger partial charge in [-0.2, -0.15) is 4.31 Å². The van der Waals surface area contributed by atoms with Crippen LogP contribution in [0.15, 0.2) is 66.1 Å². The van der Waals surface area contributed by atoms with Crippen LogP contribution < -0.4 is 4.74 Å². The lowest BCUT2D eigenvalue weighted by Gasteiger charge is -2.15. The average molecular weight is 394 g/mol. The highest BCUT2D eigenvalue weighted by atomic mass is 32.2. The fourth-order valence-electron chi connectivity index (χ4n) is 3.24. The summed E-state index contributed by atoms with van der Waals surface area (Å²) in [6.07, 6.45) is 2.08. The van der Waals surface area contributed by atoms with E-state index in [2.05, 4.69) is 4.98 Å². The number of hydrogen-bond donors (Lipinski definition) is 0. The monoisotopic (exact) mass is 394 g/mol. The number of aromatic nitrogens is 1. The van der Waals surface area contributed by atoms with Crippen LogP contribution in [0.5, 0.6) is 5.88 Å². The lowest BCUT2D eigenvalue weighted by atomic mass is 10.2. The first-order chi connectivity index (χ1) is 13.5. The Morgan fingerprint density at radius 2 is 1.86 bits per heavy atom. The maximum absolute atomic E-state index is 12.6. The number of ether oxygens (including phenoxy) is 1. The Hall–Kier alpha value is -2.70. The Kier molecular flexibility index (Phi) is 5.15. The Bertz CT molecular complexity index is 1110. The van der Waals surface area contributed by atoms with Crippen molar-refractivity contribution in [2.45, 2.75) is 19.4 Å². The van der Waals surface area contributed by atoms with Gasteiger partial charge in [0, 0.05) is 23.4 Å². The highest BCUT2D eigenvalue weighted by Crippen LogP contribution is 2.22. The van der Waals surface area contributed by atoms with Crippen LogP contribution in [0, 0.1) is 6.92 Å². The largest absolute Gasteiger partial charge is 0.473 e. The molecule has 2 aromatic carbocycles. The number of fused-ring (bicyclic) bond motifs is 1. The number of benzene rings is 2. The van der Waals surface area contributed by atoms with Gasteiger partial charge >= 0.3 is 0 Å². The van der Waals surface area contributed by atoms with E-state index in [0.717, 1.165) is 22.0 Å². The molecule has 0 amide bonds. The quantitative estimate of drug-likeness (QED) is 0.656. The molecule has 4 rings (SSSR count). The summed E-state index contributed by atoms with van der Waals surface area (Å²) in [4.78, 5) is 4.50. The second-order valence-corrected chi connectivity index (χ2v) is 8.81. The molecule has 3 aromatic rings. The number of para-hydroxylation sites is 1. The van der Waals surface area contributed by atoms with Gasteiger partial charge in [0.1, 0.15) is 6.10 Å². The van der Waals surface area contributed by atoms with Crippen molar-refractivity contribution in [3.63, 3.8) is 0 Å². The lowest BCUT2D eigenvalue weighted by Crippen LogP contribution is -2.29. The maximum Gasteiger partial charge on any atom is 0.236 e. The zero-order chi connectivity index (χ0) is 19.6. The SMILES string of the molecule is Cc1ccc(/C=C/S(=O)(=O)N2CCC(Oc3ccc4ccccc4n3)C2)cc1. The Balaban J connectivity index is 1.41. The van der Waals surface area contributed by atoms with Gasteiger partial charge in [0.15, 0.2) is 0 Å². The van der Waals surface area contributed by atoms with Gasteiger partial charge in [-0.25, -0.2) is 13.4 Å². The molecule has 2 heterocycles. The van der Waals surface area contributed by atoms with E-state index >= 15 is 0 Å². The maximum atomic E-state index is 12.6. The van der Waals surface area contributed by atoms with Crippen molar-refractivity contribution >= 4 is 27.0 Å². The molecule has 0 N–H and O–H groups in total. The molecule has 0 radical (unpaired) electrons. The third kappa shape index (κ3) is 4.24. The molecule has 6 heteroatoms. The highest BCUT2D eigenvalue weighted by Gasteiger charge is 2.31. The van der Waals surface area contributed by atoms with Crippen LogP contribution in [0.4, 0.5) is 0 Å². The van der Waals surface area contributed by atoms with Crippen molar-refractivity contribution < 1.29 is 13.2 Å². The van der Waals surface area contributed by atoms with Crippen LogP contribution in [0.3, 0.4) is 0 Å². The molecular weight excluding hydrogens is 372 g/mol. The van der Waals surface area contributed by atoms with Crippen LogP contribution in [0.2, 0.25) is 0 Å². The van der Waals surface area contributed by atoms with Gasteiger partial charge in [-0.1, -0.05) is 48.0 Å². The molecular formula is C22H22N2O3S. The number of pyridine rings is 1. The predicted octanol–water partition coefficient (Wildman–Crippen LogP) is 4.00. The molecule has 1 unspecified atom stereocenters. The summed E-state index contributed by atoms with van der Waals surface area (Å²) in [7, 11) is -3.48. The Labute approximate surface area is 165 Å². The van der Waals surface area contributed by atoms with E-state index in [1.54, 1.807) is 6.08 Å². The van der Waals surface area contributed by atoms with Gasteiger partial charge in [-0.15, -0.1) is 0 Å². The Morgan fingerprint density at radius 1 is 1.07 bits per heavy atom. The van der Waals surface area contributed by atoms with E-state index in [-0.39, 0.29) is 6.10 Å². The molecule has 0 spiro atoms. The summed E-state index contributed by atoms with van der Waals surface area (Å²) in [5.74, 6) is 0.526. The molecule has 0 aliphatic carbocycles. The molecule has 1 aliphatic heterocycles. The van der Waals surface area contributed by atoms with E-state index in [9.17, 15) is 8.42 Å². The molecule has 5 nitrogen and oxygen atoms in total. The predicted molar refractivity (Wildman–Crippen MR) is 111 cm³/mol. The van der Waals surface area contributed by atoms with Crippen molar-refractivity contribution in [2.24, 2.45) is 0 Å². The standard InChI is InChI=1S/C22H22N2O3S/c1-17-6-8-18(9-7-17)13-15-28(25,26)24-14-12-20(16-24)27-22-11-10-19-4-2-3-5-21(19)23-22/h2-11,13,15,20H,12,14,16H2,1H3/b15-13+. The van der Waals surface area contributed by atoms with Crippen LogP contribution in [-0.2, 0) is 10.0 Å². The van der Waals surface area contributed by atoms with E-state index in [1.807, 2.05) is 67.6 Å². The van der Waals surface area contributed by atoms with E-state index in [0.29, 0.717) is 25.4 Å². The molecule has 28 heavy (non-hydrogen) atoms. The van der Waals surface area contributed by atoms with Gasteiger partial charge in [0.25, 0.3) is 0 Å². The zero-order valence-corrected chi connectivity index (χ0v) is 16.5. The van der Waals surface area contributed by atoms with Gasteiger partial charge in [-0.05, 0) is 37.1 Å². The smallest absolute Gasteiger partial charge is 0.236 e. The molecule has 1 atom stereocenters. The van der Waals surface area contributed by atoms with Crippen molar-refractivity contribution in [2.75, 3.05) is 13.1 Å². The van der Waals surface area contributed by atoms with Gasteiger partial charge in [0.05, 0.1) is 12.1 Å². The normalized spacial score (nSPS) is 18.1. The number of hydrogen-bond acceptors (Lipinski definition) is 4. The Morgan fingerprint density at radius 3 is 2.68 bits per heavy atom. The average Bonchev–Trinajstić information content (AvgIpc) is 3.17. The van der Waals surface area contributed by atoms with E-state index < -0.39 is 10.0 Å². The van der Waals surface area contributed by atoms with Crippen LogP contribution >= 0.6 is 0 Å². The number of nitrogens with zero attached hydrogens (tertiary/aromatic N) is 2. The van der Waals surface area contributed by atoms with Crippen LogP contribution in [0.1, 0.15) is 17.5 Å². The van der Waals surface area contributed by atoms with Crippen molar-refractivity contribution in [3.8, 4) is 5.88 Å². The second kappa shape index (κ2) is 7.73. The second-order valence-electron chi connectivity index (χ2n) is 6.99. The summed E-state index contributed by atoms with van der Waals surface area (Å²) >= 11 is 0. The fraction of sp³-hybridized carbons (Fsp3) is 0.227. The van der Waals surface area contributed by atoms with E-state index in [1.165, 1.54) is 9.71 Å². The van der Waals surface area contributed by atoms with Gasteiger partial charge in [0.2, 0.25) is 15.9 Å². The first kappa shape index (κ1) is 18.7. The minimum Gasteiger partial charge on any atom is -0.473 e. The minimum atomic E-state index is -3.48. The molecule has 0 saturated carbocycles. The molecule has 1 fully saturated rings. The molecule has 0 bridgehead atoms. The van der Waals surface area contributed by atoms with Crippen LogP contribution in [-0.4, -0.2) is 36.9 Å².